The number of nitrogens with one attached hydrogen (secondary N) is 2. The normalized spacial score (nSPS) is 14.6. The van der Waals surface area contributed by atoms with Gasteiger partial charge in [-0.15, -0.1) is 0 Å². The van der Waals surface area contributed by atoms with E-state index in [0.29, 0.717) is 22.5 Å². The van der Waals surface area contributed by atoms with Crippen molar-refractivity contribution >= 4 is 33.2 Å². The van der Waals surface area contributed by atoms with Gasteiger partial charge in [-0.25, -0.2) is 8.42 Å². The minimum atomic E-state index is -3.37. The molecule has 166 valence electrons. The van der Waals surface area contributed by atoms with Gasteiger partial charge in [-0.05, 0) is 56.2 Å². The predicted octanol–water partition coefficient (Wildman–Crippen LogP) is 3.79. The number of hydrogen-bond acceptors (Lipinski definition) is 4. The zero-order valence-corrected chi connectivity index (χ0v) is 18.7. The van der Waals surface area contributed by atoms with Crippen LogP contribution >= 0.6 is 0 Å². The van der Waals surface area contributed by atoms with E-state index in [4.69, 9.17) is 0 Å². The van der Waals surface area contributed by atoms with Gasteiger partial charge in [0.25, 0.3) is 11.8 Å². The second-order valence-corrected chi connectivity index (χ2v) is 10.0. The number of benzene rings is 2. The fraction of sp³-hybridized carbons (Fsp3) is 0.391. The van der Waals surface area contributed by atoms with Crippen LogP contribution in [0.5, 0.6) is 0 Å². The Morgan fingerprint density at radius 3 is 2.26 bits per heavy atom. The molecule has 1 saturated carbocycles. The summed E-state index contributed by atoms with van der Waals surface area (Å²) < 4.78 is 25.2. The lowest BCUT2D eigenvalue weighted by molar-refractivity contribution is 0.0928. The molecule has 2 N–H and O–H groups in total. The molecule has 0 radical (unpaired) electrons. The van der Waals surface area contributed by atoms with Crippen molar-refractivity contribution in [3.8, 4) is 0 Å². The van der Waals surface area contributed by atoms with Gasteiger partial charge < -0.3 is 10.6 Å². The second-order valence-electron chi connectivity index (χ2n) is 7.72. The minimum absolute atomic E-state index is 0.00849. The minimum Gasteiger partial charge on any atom is -0.349 e. The summed E-state index contributed by atoms with van der Waals surface area (Å²) in [5.74, 6) is -0.569. The quantitative estimate of drug-likeness (QED) is 0.681. The topological polar surface area (TPSA) is 95.6 Å². The van der Waals surface area contributed by atoms with Crippen molar-refractivity contribution in [1.82, 2.24) is 5.32 Å². The number of anilines is 2. The molecule has 0 heterocycles. The fourth-order valence-electron chi connectivity index (χ4n) is 3.67. The highest BCUT2D eigenvalue weighted by atomic mass is 32.2. The number of para-hydroxylation sites is 1. The van der Waals surface area contributed by atoms with Crippen molar-refractivity contribution in [2.45, 2.75) is 45.1 Å². The Labute approximate surface area is 183 Å². The fourth-order valence-corrected chi connectivity index (χ4v) is 4.50. The maximum atomic E-state index is 12.8. The molecule has 1 fully saturated rings. The summed E-state index contributed by atoms with van der Waals surface area (Å²) in [6.07, 6.45) is 5.41. The average Bonchev–Trinajstić information content (AvgIpc) is 2.79. The monoisotopic (exact) mass is 443 g/mol. The number of rotatable bonds is 7. The van der Waals surface area contributed by atoms with Gasteiger partial charge in [0.05, 0.1) is 22.7 Å². The maximum absolute atomic E-state index is 12.8. The molecular formula is C23H29N3O4S. The molecule has 2 aromatic carbocycles. The molecule has 1 aliphatic rings. The van der Waals surface area contributed by atoms with Crippen molar-refractivity contribution in [2.75, 3.05) is 22.4 Å². The Balaban J connectivity index is 1.71. The van der Waals surface area contributed by atoms with Crippen LogP contribution in [0.25, 0.3) is 0 Å². The van der Waals surface area contributed by atoms with E-state index < -0.39 is 10.0 Å². The lowest BCUT2D eigenvalue weighted by Crippen LogP contribution is -2.36. The highest BCUT2D eigenvalue weighted by molar-refractivity contribution is 7.92. The summed E-state index contributed by atoms with van der Waals surface area (Å²) in [5, 5.41) is 5.88. The van der Waals surface area contributed by atoms with Crippen molar-refractivity contribution in [2.24, 2.45) is 0 Å². The molecule has 31 heavy (non-hydrogen) atoms. The number of sulfonamides is 1. The van der Waals surface area contributed by atoms with E-state index in [9.17, 15) is 18.0 Å². The Morgan fingerprint density at radius 1 is 0.968 bits per heavy atom. The third-order valence-corrected chi connectivity index (χ3v) is 7.41. The molecule has 1 aliphatic carbocycles. The molecule has 0 atom stereocenters. The third-order valence-electron chi connectivity index (χ3n) is 5.64. The maximum Gasteiger partial charge on any atom is 0.255 e. The Kier molecular flexibility index (Phi) is 7.33. The standard InChI is InChI=1S/C23H29N3O4S/c1-3-31(29,30)26(2)19-15-13-17(14-16-19)22(27)25-21-12-8-7-11-20(21)23(28)24-18-9-5-4-6-10-18/h7-8,11-16,18H,3-6,9-10H2,1-2H3,(H,24,28)(H,25,27). The summed E-state index contributed by atoms with van der Waals surface area (Å²) in [6, 6.07) is 13.4. The molecule has 0 aliphatic heterocycles. The van der Waals surface area contributed by atoms with Crippen molar-refractivity contribution in [3.63, 3.8) is 0 Å². The SMILES string of the molecule is CCS(=O)(=O)N(C)c1ccc(C(=O)Nc2ccccc2C(=O)NC2CCCCC2)cc1. The first kappa shape index (κ1) is 22.8. The van der Waals surface area contributed by atoms with Gasteiger partial charge in [-0.3, -0.25) is 13.9 Å². The van der Waals surface area contributed by atoms with E-state index >= 15 is 0 Å². The highest BCUT2D eigenvalue weighted by Gasteiger charge is 2.20. The van der Waals surface area contributed by atoms with E-state index in [-0.39, 0.29) is 23.6 Å². The van der Waals surface area contributed by atoms with Crippen LogP contribution in [0.1, 0.15) is 59.7 Å². The van der Waals surface area contributed by atoms with Gasteiger partial charge >= 0.3 is 0 Å². The molecular weight excluding hydrogens is 414 g/mol. The Hall–Kier alpha value is -2.87. The summed E-state index contributed by atoms with van der Waals surface area (Å²) >= 11 is 0. The van der Waals surface area contributed by atoms with Gasteiger partial charge in [-0.2, -0.15) is 0 Å². The Morgan fingerprint density at radius 2 is 1.61 bits per heavy atom. The largest absolute Gasteiger partial charge is 0.349 e. The lowest BCUT2D eigenvalue weighted by Gasteiger charge is -2.23. The van der Waals surface area contributed by atoms with Gasteiger partial charge in [-0.1, -0.05) is 31.4 Å². The number of nitrogens with zero attached hydrogens (tertiary/aromatic N) is 1. The first-order valence-corrected chi connectivity index (χ1v) is 12.2. The smallest absolute Gasteiger partial charge is 0.255 e. The summed E-state index contributed by atoms with van der Waals surface area (Å²) in [4.78, 5) is 25.5. The van der Waals surface area contributed by atoms with Gasteiger partial charge in [0.15, 0.2) is 0 Å². The van der Waals surface area contributed by atoms with Crippen LogP contribution in [-0.2, 0) is 10.0 Å². The molecule has 0 spiro atoms. The summed E-state index contributed by atoms with van der Waals surface area (Å²) in [5.41, 5.74) is 1.71. The van der Waals surface area contributed by atoms with Gasteiger partial charge in [0.2, 0.25) is 10.0 Å². The van der Waals surface area contributed by atoms with E-state index in [1.807, 2.05) is 0 Å². The first-order chi connectivity index (χ1) is 14.8. The van der Waals surface area contributed by atoms with Crippen LogP contribution in [0, 0.1) is 0 Å². The van der Waals surface area contributed by atoms with E-state index in [1.54, 1.807) is 55.5 Å². The number of amides is 2. The van der Waals surface area contributed by atoms with E-state index in [2.05, 4.69) is 10.6 Å². The highest BCUT2D eigenvalue weighted by Crippen LogP contribution is 2.22. The van der Waals surface area contributed by atoms with Crippen LogP contribution in [0.15, 0.2) is 48.5 Å². The van der Waals surface area contributed by atoms with Gasteiger partial charge in [0.1, 0.15) is 0 Å². The summed E-state index contributed by atoms with van der Waals surface area (Å²) in [7, 11) is -1.89. The molecule has 0 saturated heterocycles. The van der Waals surface area contributed by atoms with Crippen molar-refractivity contribution < 1.29 is 18.0 Å². The van der Waals surface area contributed by atoms with Crippen LogP contribution in [-0.4, -0.2) is 39.1 Å². The van der Waals surface area contributed by atoms with Crippen LogP contribution in [0.3, 0.4) is 0 Å². The molecule has 0 bridgehead atoms. The van der Waals surface area contributed by atoms with Crippen molar-refractivity contribution in [1.29, 1.82) is 0 Å². The molecule has 7 nitrogen and oxygen atoms in total. The molecule has 0 unspecified atom stereocenters. The molecule has 2 aromatic rings. The van der Waals surface area contributed by atoms with Gasteiger partial charge in [0, 0.05) is 18.7 Å². The molecule has 2 amide bonds. The lowest BCUT2D eigenvalue weighted by atomic mass is 9.95. The molecule has 3 rings (SSSR count). The second kappa shape index (κ2) is 9.96. The van der Waals surface area contributed by atoms with Crippen LogP contribution in [0.2, 0.25) is 0 Å². The zero-order valence-electron chi connectivity index (χ0n) is 17.9. The van der Waals surface area contributed by atoms with E-state index in [1.165, 1.54) is 17.8 Å². The zero-order chi connectivity index (χ0) is 22.4. The first-order valence-electron chi connectivity index (χ1n) is 10.6. The molecule has 0 aromatic heterocycles. The Bertz CT molecular complexity index is 1030. The van der Waals surface area contributed by atoms with Crippen molar-refractivity contribution in [3.05, 3.63) is 59.7 Å². The third kappa shape index (κ3) is 5.64. The number of hydrogen-bond donors (Lipinski definition) is 2. The van der Waals surface area contributed by atoms with E-state index in [0.717, 1.165) is 25.7 Å². The number of carbonyl (C=O) groups is 2. The summed E-state index contributed by atoms with van der Waals surface area (Å²) in [6.45, 7) is 1.58. The number of carbonyl (C=O) groups excluding carboxylic acids is 2. The van der Waals surface area contributed by atoms with Crippen LogP contribution in [0.4, 0.5) is 11.4 Å². The van der Waals surface area contributed by atoms with Crippen LogP contribution < -0.4 is 14.9 Å². The molecule has 8 heteroatoms. The predicted molar refractivity (Wildman–Crippen MR) is 123 cm³/mol. The average molecular weight is 444 g/mol.